The number of fused-ring (bicyclic) bond motifs is 1. The Morgan fingerprint density at radius 3 is 2.95 bits per heavy atom. The normalized spacial score (nSPS) is 16.7. The summed E-state index contributed by atoms with van der Waals surface area (Å²) in [6, 6.07) is 9.88. The van der Waals surface area contributed by atoms with Crippen molar-refractivity contribution in [2.24, 2.45) is 11.8 Å². The first kappa shape index (κ1) is 12.4. The SMILES string of the molecule is CC(CNCc1cc2ccccc2[nH]c1=O)C1CC1. The molecule has 2 N–H and O–H groups in total. The zero-order chi connectivity index (χ0) is 13.2. The molecule has 0 aliphatic heterocycles. The lowest BCUT2D eigenvalue weighted by Gasteiger charge is -2.11. The molecule has 3 nitrogen and oxygen atoms in total. The number of rotatable bonds is 5. The predicted molar refractivity (Wildman–Crippen MR) is 78.2 cm³/mol. The number of aromatic nitrogens is 1. The van der Waals surface area contributed by atoms with E-state index in [0.29, 0.717) is 6.54 Å². The van der Waals surface area contributed by atoms with E-state index < -0.39 is 0 Å². The van der Waals surface area contributed by atoms with Crippen LogP contribution in [-0.4, -0.2) is 11.5 Å². The van der Waals surface area contributed by atoms with Gasteiger partial charge in [0.05, 0.1) is 0 Å². The van der Waals surface area contributed by atoms with Crippen LogP contribution >= 0.6 is 0 Å². The van der Waals surface area contributed by atoms with E-state index >= 15 is 0 Å². The Labute approximate surface area is 113 Å². The van der Waals surface area contributed by atoms with E-state index in [-0.39, 0.29) is 5.56 Å². The van der Waals surface area contributed by atoms with Crippen molar-refractivity contribution >= 4 is 10.9 Å². The van der Waals surface area contributed by atoms with E-state index in [1.54, 1.807) is 0 Å². The molecule has 100 valence electrons. The second-order valence-corrected chi connectivity index (χ2v) is 5.66. The largest absolute Gasteiger partial charge is 0.322 e. The molecular weight excluding hydrogens is 236 g/mol. The highest BCUT2D eigenvalue weighted by Crippen LogP contribution is 2.36. The Morgan fingerprint density at radius 1 is 1.37 bits per heavy atom. The third-order valence-electron chi connectivity index (χ3n) is 4.04. The van der Waals surface area contributed by atoms with Gasteiger partial charge in [0.15, 0.2) is 0 Å². The molecule has 19 heavy (non-hydrogen) atoms. The predicted octanol–water partition coefficient (Wildman–Crippen LogP) is 2.66. The van der Waals surface area contributed by atoms with Gasteiger partial charge < -0.3 is 10.3 Å². The Bertz CT molecular complexity index is 628. The van der Waals surface area contributed by atoms with Crippen LogP contribution in [0.5, 0.6) is 0 Å². The lowest BCUT2D eigenvalue weighted by molar-refractivity contribution is 0.461. The summed E-state index contributed by atoms with van der Waals surface area (Å²) < 4.78 is 0. The van der Waals surface area contributed by atoms with Crippen molar-refractivity contribution in [3.05, 3.63) is 46.2 Å². The minimum atomic E-state index is 0.0188. The maximum atomic E-state index is 12.0. The molecule has 1 aromatic heterocycles. The van der Waals surface area contributed by atoms with Gasteiger partial charge in [0.1, 0.15) is 0 Å². The fourth-order valence-electron chi connectivity index (χ4n) is 2.59. The number of pyridine rings is 1. The molecule has 0 radical (unpaired) electrons. The average Bonchev–Trinajstić information content (AvgIpc) is 3.23. The quantitative estimate of drug-likeness (QED) is 0.864. The van der Waals surface area contributed by atoms with Crippen molar-refractivity contribution in [2.75, 3.05) is 6.54 Å². The van der Waals surface area contributed by atoms with Crippen molar-refractivity contribution in [3.8, 4) is 0 Å². The molecule has 1 heterocycles. The van der Waals surface area contributed by atoms with E-state index in [2.05, 4.69) is 17.2 Å². The molecule has 3 heteroatoms. The van der Waals surface area contributed by atoms with Gasteiger partial charge in [0.25, 0.3) is 5.56 Å². The molecular formula is C16H20N2O. The molecule has 1 aliphatic rings. The molecule has 1 aliphatic carbocycles. The summed E-state index contributed by atoms with van der Waals surface area (Å²) in [5, 5.41) is 4.50. The first-order valence-electron chi connectivity index (χ1n) is 7.05. The van der Waals surface area contributed by atoms with Gasteiger partial charge in [-0.3, -0.25) is 4.79 Å². The minimum Gasteiger partial charge on any atom is -0.322 e. The fraction of sp³-hybridized carbons (Fsp3) is 0.438. The Balaban J connectivity index is 1.69. The molecule has 1 aromatic carbocycles. The van der Waals surface area contributed by atoms with Crippen molar-refractivity contribution < 1.29 is 0 Å². The molecule has 1 unspecified atom stereocenters. The van der Waals surface area contributed by atoms with Crippen LogP contribution in [0.25, 0.3) is 10.9 Å². The van der Waals surface area contributed by atoms with E-state index in [4.69, 9.17) is 0 Å². The maximum Gasteiger partial charge on any atom is 0.252 e. The van der Waals surface area contributed by atoms with Crippen molar-refractivity contribution in [2.45, 2.75) is 26.3 Å². The van der Waals surface area contributed by atoms with Gasteiger partial charge in [-0.1, -0.05) is 25.1 Å². The monoisotopic (exact) mass is 256 g/mol. The van der Waals surface area contributed by atoms with E-state index in [1.165, 1.54) is 12.8 Å². The number of H-pyrrole nitrogens is 1. The molecule has 1 atom stereocenters. The molecule has 1 fully saturated rings. The van der Waals surface area contributed by atoms with E-state index in [9.17, 15) is 4.79 Å². The zero-order valence-electron chi connectivity index (χ0n) is 11.3. The van der Waals surface area contributed by atoms with E-state index in [1.807, 2.05) is 30.3 Å². The van der Waals surface area contributed by atoms with Crippen molar-refractivity contribution in [3.63, 3.8) is 0 Å². The molecule has 2 aromatic rings. The lowest BCUT2D eigenvalue weighted by atomic mass is 10.1. The number of hydrogen-bond donors (Lipinski definition) is 2. The molecule has 0 spiro atoms. The van der Waals surface area contributed by atoms with Crippen LogP contribution in [0.2, 0.25) is 0 Å². The molecule has 0 amide bonds. The summed E-state index contributed by atoms with van der Waals surface area (Å²) in [4.78, 5) is 14.9. The maximum absolute atomic E-state index is 12.0. The summed E-state index contributed by atoms with van der Waals surface area (Å²) in [7, 11) is 0. The van der Waals surface area contributed by atoms with Gasteiger partial charge >= 0.3 is 0 Å². The molecule has 0 saturated heterocycles. The highest BCUT2D eigenvalue weighted by atomic mass is 16.1. The van der Waals surface area contributed by atoms with Crippen LogP contribution in [0.3, 0.4) is 0 Å². The van der Waals surface area contributed by atoms with Crippen LogP contribution in [0.1, 0.15) is 25.3 Å². The number of para-hydroxylation sites is 1. The summed E-state index contributed by atoms with van der Waals surface area (Å²) >= 11 is 0. The lowest BCUT2D eigenvalue weighted by Crippen LogP contribution is -2.25. The number of benzene rings is 1. The Hall–Kier alpha value is -1.61. The third kappa shape index (κ3) is 2.87. The zero-order valence-corrected chi connectivity index (χ0v) is 11.3. The number of nitrogens with one attached hydrogen (secondary N) is 2. The summed E-state index contributed by atoms with van der Waals surface area (Å²) in [6.07, 6.45) is 2.75. The fourth-order valence-corrected chi connectivity index (χ4v) is 2.59. The molecule has 1 saturated carbocycles. The van der Waals surface area contributed by atoms with E-state index in [0.717, 1.165) is 34.8 Å². The smallest absolute Gasteiger partial charge is 0.252 e. The molecule has 0 bridgehead atoms. The second-order valence-electron chi connectivity index (χ2n) is 5.66. The number of aromatic amines is 1. The van der Waals surface area contributed by atoms with Crippen LogP contribution in [-0.2, 0) is 6.54 Å². The average molecular weight is 256 g/mol. The number of hydrogen-bond acceptors (Lipinski definition) is 2. The highest BCUT2D eigenvalue weighted by Gasteiger charge is 2.27. The van der Waals surface area contributed by atoms with Gasteiger partial charge in [0.2, 0.25) is 0 Å². The minimum absolute atomic E-state index is 0.0188. The van der Waals surface area contributed by atoms with Crippen molar-refractivity contribution in [1.82, 2.24) is 10.3 Å². The summed E-state index contributed by atoms with van der Waals surface area (Å²) in [5.41, 5.74) is 1.74. The van der Waals surface area contributed by atoms with Gasteiger partial charge in [-0.05, 0) is 48.7 Å². The highest BCUT2D eigenvalue weighted by molar-refractivity contribution is 5.78. The standard InChI is InChI=1S/C16H20N2O/c1-11(12-6-7-12)9-17-10-14-8-13-4-2-3-5-15(13)18-16(14)19/h2-5,8,11-12,17H,6-7,9-10H2,1H3,(H,18,19). The Kier molecular flexibility index (Phi) is 3.38. The molecule has 3 rings (SSSR count). The van der Waals surface area contributed by atoms with Gasteiger partial charge in [-0.2, -0.15) is 0 Å². The van der Waals surface area contributed by atoms with Crippen LogP contribution in [0, 0.1) is 11.8 Å². The summed E-state index contributed by atoms with van der Waals surface area (Å²) in [5.74, 6) is 1.63. The first-order valence-corrected chi connectivity index (χ1v) is 7.05. The topological polar surface area (TPSA) is 44.9 Å². The second kappa shape index (κ2) is 5.17. The first-order chi connectivity index (χ1) is 9.24. The third-order valence-corrected chi connectivity index (χ3v) is 4.04. The van der Waals surface area contributed by atoms with Crippen LogP contribution < -0.4 is 10.9 Å². The van der Waals surface area contributed by atoms with Crippen LogP contribution in [0.4, 0.5) is 0 Å². The van der Waals surface area contributed by atoms with Gasteiger partial charge in [-0.15, -0.1) is 0 Å². The van der Waals surface area contributed by atoms with Gasteiger partial charge in [-0.25, -0.2) is 0 Å². The summed E-state index contributed by atoms with van der Waals surface area (Å²) in [6.45, 7) is 3.93. The van der Waals surface area contributed by atoms with Crippen molar-refractivity contribution in [1.29, 1.82) is 0 Å². The van der Waals surface area contributed by atoms with Crippen LogP contribution in [0.15, 0.2) is 35.1 Å². The van der Waals surface area contributed by atoms with Gasteiger partial charge in [0, 0.05) is 17.6 Å². The Morgan fingerprint density at radius 2 is 2.16 bits per heavy atom.